The highest BCUT2D eigenvalue weighted by molar-refractivity contribution is 7.24. The highest BCUT2D eigenvalue weighted by atomic mass is 32.1. The third kappa shape index (κ3) is 5.16. The molecule has 0 radical (unpaired) electrons. The number of benzene rings is 2. The zero-order valence-corrected chi connectivity index (χ0v) is 18.1. The number of carbonyl (C=O) groups is 1. The molecule has 0 fully saturated rings. The minimum atomic E-state index is -4.96. The van der Waals surface area contributed by atoms with Crippen molar-refractivity contribution in [1.82, 2.24) is 10.2 Å². The molecule has 2 aromatic carbocycles. The van der Waals surface area contributed by atoms with Gasteiger partial charge in [0.15, 0.2) is 5.43 Å². The number of fused-ring (bicyclic) bond motifs is 2. The van der Waals surface area contributed by atoms with Crippen molar-refractivity contribution >= 4 is 43.1 Å². The Morgan fingerprint density at radius 2 is 1.81 bits per heavy atom. The standard InChI is InChI=1S/C22H24F3N3O2S/c1-3-28(4-2)12-11-26-16-10-9-14(13-27-21(30)22(23,24)25)20-18(16)19(29)15-7-5-6-8-17(15)31-20/h5-10,26H,3-4,11-13H2,1-2H3,(H,27,30). The molecule has 166 valence electrons. The first-order valence-corrected chi connectivity index (χ1v) is 10.9. The third-order valence-electron chi connectivity index (χ3n) is 5.14. The summed E-state index contributed by atoms with van der Waals surface area (Å²) < 4.78 is 39.1. The lowest BCUT2D eigenvalue weighted by atomic mass is 10.1. The number of carbonyl (C=O) groups excluding carboxylic acids is 1. The zero-order chi connectivity index (χ0) is 22.6. The van der Waals surface area contributed by atoms with E-state index in [0.717, 1.165) is 24.3 Å². The number of amides is 1. The first-order chi connectivity index (χ1) is 14.8. The second kappa shape index (κ2) is 9.65. The Labute approximate surface area is 181 Å². The van der Waals surface area contributed by atoms with Gasteiger partial charge in [-0.05, 0) is 36.9 Å². The van der Waals surface area contributed by atoms with Crippen molar-refractivity contribution in [3.8, 4) is 0 Å². The second-order valence-electron chi connectivity index (χ2n) is 7.04. The number of likely N-dealkylation sites (N-methyl/N-ethyl adjacent to an activating group) is 1. The van der Waals surface area contributed by atoms with Crippen molar-refractivity contribution in [3.63, 3.8) is 0 Å². The van der Waals surface area contributed by atoms with Gasteiger partial charge in [0.2, 0.25) is 0 Å². The molecule has 1 aromatic heterocycles. The van der Waals surface area contributed by atoms with E-state index < -0.39 is 12.1 Å². The third-order valence-corrected chi connectivity index (χ3v) is 6.39. The molecule has 5 nitrogen and oxygen atoms in total. The summed E-state index contributed by atoms with van der Waals surface area (Å²) in [4.78, 5) is 26.8. The van der Waals surface area contributed by atoms with Crippen LogP contribution in [-0.4, -0.2) is 43.2 Å². The quantitative estimate of drug-likeness (QED) is 0.500. The van der Waals surface area contributed by atoms with Gasteiger partial charge in [-0.25, -0.2) is 0 Å². The highest BCUT2D eigenvalue weighted by Gasteiger charge is 2.38. The number of hydrogen-bond donors (Lipinski definition) is 2. The molecule has 1 amide bonds. The molecule has 0 aliphatic carbocycles. The van der Waals surface area contributed by atoms with E-state index in [-0.39, 0.29) is 12.0 Å². The molecule has 31 heavy (non-hydrogen) atoms. The molecule has 0 atom stereocenters. The Hall–Kier alpha value is -2.65. The van der Waals surface area contributed by atoms with Crippen LogP contribution in [0.3, 0.4) is 0 Å². The van der Waals surface area contributed by atoms with Gasteiger partial charge in [0, 0.05) is 40.1 Å². The van der Waals surface area contributed by atoms with Crippen molar-refractivity contribution in [3.05, 3.63) is 52.2 Å². The molecule has 0 aliphatic heterocycles. The van der Waals surface area contributed by atoms with Crippen LogP contribution in [0, 0.1) is 0 Å². The molecule has 0 aliphatic rings. The SMILES string of the molecule is CCN(CC)CCNc1ccc(CNC(=O)C(F)(F)F)c2sc3ccccc3c(=O)c12. The summed E-state index contributed by atoms with van der Waals surface area (Å²) in [5, 5.41) is 6.20. The van der Waals surface area contributed by atoms with Crippen molar-refractivity contribution < 1.29 is 18.0 Å². The van der Waals surface area contributed by atoms with Crippen molar-refractivity contribution in [1.29, 1.82) is 0 Å². The number of nitrogens with one attached hydrogen (secondary N) is 2. The fraction of sp³-hybridized carbons (Fsp3) is 0.364. The summed E-state index contributed by atoms with van der Waals surface area (Å²) in [6, 6.07) is 10.5. The number of rotatable bonds is 8. The van der Waals surface area contributed by atoms with Crippen LogP contribution in [0.5, 0.6) is 0 Å². The van der Waals surface area contributed by atoms with E-state index in [0.29, 0.717) is 33.3 Å². The van der Waals surface area contributed by atoms with Crippen LogP contribution < -0.4 is 16.1 Å². The zero-order valence-electron chi connectivity index (χ0n) is 17.3. The molecule has 0 saturated heterocycles. The van der Waals surface area contributed by atoms with Gasteiger partial charge >= 0.3 is 12.1 Å². The van der Waals surface area contributed by atoms with Crippen molar-refractivity contribution in [2.75, 3.05) is 31.5 Å². The van der Waals surface area contributed by atoms with Crippen LogP contribution in [0.15, 0.2) is 41.2 Å². The fourth-order valence-corrected chi connectivity index (χ4v) is 4.62. The van der Waals surface area contributed by atoms with Crippen LogP contribution in [0.25, 0.3) is 20.2 Å². The Balaban J connectivity index is 2.02. The maximum atomic E-state index is 13.3. The number of alkyl halides is 3. The van der Waals surface area contributed by atoms with Gasteiger partial charge in [0.25, 0.3) is 0 Å². The van der Waals surface area contributed by atoms with Gasteiger partial charge in [-0.1, -0.05) is 32.0 Å². The normalized spacial score (nSPS) is 11.9. The Bertz CT molecular complexity index is 1140. The molecule has 0 spiro atoms. The summed E-state index contributed by atoms with van der Waals surface area (Å²) in [6.07, 6.45) is -4.96. The van der Waals surface area contributed by atoms with Crippen molar-refractivity contribution in [2.24, 2.45) is 0 Å². The number of hydrogen-bond acceptors (Lipinski definition) is 5. The minimum absolute atomic E-state index is 0.182. The summed E-state index contributed by atoms with van der Waals surface area (Å²) >= 11 is 1.33. The maximum absolute atomic E-state index is 13.3. The summed E-state index contributed by atoms with van der Waals surface area (Å²) in [5.74, 6) is -2.00. The molecule has 0 unspecified atom stereocenters. The van der Waals surface area contributed by atoms with Gasteiger partial charge in [-0.3, -0.25) is 9.59 Å². The number of anilines is 1. The number of nitrogens with zero attached hydrogens (tertiary/aromatic N) is 1. The first-order valence-electron chi connectivity index (χ1n) is 10.0. The lowest BCUT2D eigenvalue weighted by Gasteiger charge is -2.19. The molecule has 2 N–H and O–H groups in total. The Kier molecular flexibility index (Phi) is 7.17. The Morgan fingerprint density at radius 1 is 1.10 bits per heavy atom. The average molecular weight is 452 g/mol. The molecule has 9 heteroatoms. The summed E-state index contributed by atoms with van der Waals surface area (Å²) in [5.41, 5.74) is 0.925. The second-order valence-corrected chi connectivity index (χ2v) is 8.09. The molecule has 0 saturated carbocycles. The van der Waals surface area contributed by atoms with Crippen LogP contribution >= 0.6 is 11.3 Å². The maximum Gasteiger partial charge on any atom is 0.471 e. The minimum Gasteiger partial charge on any atom is -0.383 e. The Morgan fingerprint density at radius 3 is 2.48 bits per heavy atom. The van der Waals surface area contributed by atoms with E-state index >= 15 is 0 Å². The van der Waals surface area contributed by atoms with Crippen LogP contribution in [-0.2, 0) is 11.3 Å². The molecule has 3 aromatic rings. The largest absolute Gasteiger partial charge is 0.471 e. The first kappa shape index (κ1) is 23.0. The predicted molar refractivity (Wildman–Crippen MR) is 120 cm³/mol. The monoisotopic (exact) mass is 451 g/mol. The van der Waals surface area contributed by atoms with Gasteiger partial charge < -0.3 is 15.5 Å². The molecule has 0 bridgehead atoms. The molecular weight excluding hydrogens is 427 g/mol. The van der Waals surface area contributed by atoms with E-state index in [9.17, 15) is 22.8 Å². The van der Waals surface area contributed by atoms with Gasteiger partial charge in [0.05, 0.1) is 5.39 Å². The predicted octanol–water partition coefficient (Wildman–Crippen LogP) is 4.35. The van der Waals surface area contributed by atoms with E-state index in [1.54, 1.807) is 36.4 Å². The van der Waals surface area contributed by atoms with E-state index in [4.69, 9.17) is 0 Å². The van der Waals surface area contributed by atoms with Gasteiger partial charge in [-0.15, -0.1) is 11.3 Å². The molecular formula is C22H24F3N3O2S. The van der Waals surface area contributed by atoms with Crippen LogP contribution in [0.4, 0.5) is 18.9 Å². The van der Waals surface area contributed by atoms with Gasteiger partial charge in [-0.2, -0.15) is 13.2 Å². The fourth-order valence-electron chi connectivity index (χ4n) is 3.41. The van der Waals surface area contributed by atoms with E-state index in [1.807, 2.05) is 5.32 Å². The van der Waals surface area contributed by atoms with Crippen LogP contribution in [0.2, 0.25) is 0 Å². The summed E-state index contributed by atoms with van der Waals surface area (Å²) in [7, 11) is 0. The van der Waals surface area contributed by atoms with E-state index in [1.165, 1.54) is 11.3 Å². The molecule has 3 rings (SSSR count). The van der Waals surface area contributed by atoms with Crippen molar-refractivity contribution in [2.45, 2.75) is 26.6 Å². The van der Waals surface area contributed by atoms with Gasteiger partial charge in [0.1, 0.15) is 0 Å². The smallest absolute Gasteiger partial charge is 0.383 e. The topological polar surface area (TPSA) is 61.4 Å². The number of halogens is 3. The highest BCUT2D eigenvalue weighted by Crippen LogP contribution is 2.32. The lowest BCUT2D eigenvalue weighted by molar-refractivity contribution is -0.173. The average Bonchev–Trinajstić information content (AvgIpc) is 2.75. The van der Waals surface area contributed by atoms with Crippen LogP contribution in [0.1, 0.15) is 19.4 Å². The lowest BCUT2D eigenvalue weighted by Crippen LogP contribution is -2.36. The summed E-state index contributed by atoms with van der Waals surface area (Å²) in [6.45, 7) is 7.08. The van der Waals surface area contributed by atoms with E-state index in [2.05, 4.69) is 24.1 Å². The molecule has 1 heterocycles.